The van der Waals surface area contributed by atoms with Crippen LogP contribution in [0.3, 0.4) is 0 Å². The van der Waals surface area contributed by atoms with Crippen molar-refractivity contribution in [2.75, 3.05) is 14.2 Å². The molecule has 0 unspecified atom stereocenters. The van der Waals surface area contributed by atoms with Crippen LogP contribution in [0.5, 0.6) is 0 Å². The number of ether oxygens (including phenoxy) is 2. The summed E-state index contributed by atoms with van der Waals surface area (Å²) in [5, 5.41) is 0. The van der Waals surface area contributed by atoms with E-state index in [0.29, 0.717) is 0 Å². The quantitative estimate of drug-likeness (QED) is 0.548. The van der Waals surface area contributed by atoms with Crippen molar-refractivity contribution < 1.29 is 9.47 Å². The largest absolute Gasteiger partial charge is 0.353 e. The first kappa shape index (κ1) is 8.02. The molecule has 1 saturated carbocycles. The van der Waals surface area contributed by atoms with Crippen molar-refractivity contribution in [3.8, 4) is 0 Å². The molecular formula is C8H15O2. The van der Waals surface area contributed by atoms with Crippen LogP contribution in [0.15, 0.2) is 0 Å². The van der Waals surface area contributed by atoms with Gasteiger partial charge in [0.05, 0.1) is 0 Å². The number of methoxy groups -OCH3 is 2. The van der Waals surface area contributed by atoms with E-state index in [4.69, 9.17) is 9.47 Å². The van der Waals surface area contributed by atoms with Crippen LogP contribution in [-0.2, 0) is 9.47 Å². The summed E-state index contributed by atoms with van der Waals surface area (Å²) < 4.78 is 10.5. The molecular weight excluding hydrogens is 128 g/mol. The summed E-state index contributed by atoms with van der Waals surface area (Å²) in [6, 6.07) is 0. The van der Waals surface area contributed by atoms with Crippen molar-refractivity contribution in [3.63, 3.8) is 0 Å². The van der Waals surface area contributed by atoms with Crippen molar-refractivity contribution in [1.29, 1.82) is 0 Å². The lowest BCUT2D eigenvalue weighted by molar-refractivity contribution is -0.193. The molecule has 1 aliphatic carbocycles. The van der Waals surface area contributed by atoms with E-state index in [2.05, 4.69) is 6.42 Å². The molecule has 1 radical (unpaired) electrons. The van der Waals surface area contributed by atoms with Crippen LogP contribution < -0.4 is 0 Å². The molecule has 2 nitrogen and oxygen atoms in total. The molecule has 1 rings (SSSR count). The fourth-order valence-corrected chi connectivity index (χ4v) is 1.39. The zero-order valence-electron chi connectivity index (χ0n) is 6.72. The smallest absolute Gasteiger partial charge is 0.170 e. The van der Waals surface area contributed by atoms with Crippen molar-refractivity contribution in [2.45, 2.75) is 31.5 Å². The Morgan fingerprint density at radius 3 is 2.20 bits per heavy atom. The molecule has 1 fully saturated rings. The molecule has 0 aliphatic heterocycles. The first-order valence-corrected chi connectivity index (χ1v) is 3.78. The lowest BCUT2D eigenvalue weighted by atomic mass is 9.94. The van der Waals surface area contributed by atoms with Crippen LogP contribution in [0.4, 0.5) is 0 Å². The molecule has 0 bridgehead atoms. The molecule has 0 saturated heterocycles. The van der Waals surface area contributed by atoms with Gasteiger partial charge in [0.15, 0.2) is 5.79 Å². The van der Waals surface area contributed by atoms with Crippen LogP contribution in [0.1, 0.15) is 25.7 Å². The van der Waals surface area contributed by atoms with Gasteiger partial charge in [-0.2, -0.15) is 0 Å². The van der Waals surface area contributed by atoms with E-state index in [0.717, 1.165) is 12.8 Å². The van der Waals surface area contributed by atoms with E-state index in [9.17, 15) is 0 Å². The van der Waals surface area contributed by atoms with Gasteiger partial charge >= 0.3 is 0 Å². The van der Waals surface area contributed by atoms with Crippen LogP contribution in [-0.4, -0.2) is 20.0 Å². The molecule has 10 heavy (non-hydrogen) atoms. The van der Waals surface area contributed by atoms with Gasteiger partial charge in [-0.25, -0.2) is 0 Å². The van der Waals surface area contributed by atoms with Gasteiger partial charge in [-0.15, -0.1) is 0 Å². The molecule has 0 aromatic heterocycles. The Bertz CT molecular complexity index is 89.4. The third-order valence-electron chi connectivity index (χ3n) is 2.13. The second kappa shape index (κ2) is 3.35. The lowest BCUT2D eigenvalue weighted by Gasteiger charge is -2.33. The van der Waals surface area contributed by atoms with Gasteiger partial charge in [-0.3, -0.25) is 0 Å². The Balaban J connectivity index is 2.44. The minimum Gasteiger partial charge on any atom is -0.353 e. The van der Waals surface area contributed by atoms with E-state index >= 15 is 0 Å². The molecule has 0 aromatic carbocycles. The summed E-state index contributed by atoms with van der Waals surface area (Å²) in [6.45, 7) is 0. The average Bonchev–Trinajstić information content (AvgIpc) is 2.06. The monoisotopic (exact) mass is 143 g/mol. The van der Waals surface area contributed by atoms with Gasteiger partial charge in [0.1, 0.15) is 0 Å². The van der Waals surface area contributed by atoms with E-state index in [1.807, 2.05) is 0 Å². The molecule has 1 aliphatic rings. The fraction of sp³-hybridized carbons (Fsp3) is 0.875. The predicted molar refractivity (Wildman–Crippen MR) is 39.5 cm³/mol. The summed E-state index contributed by atoms with van der Waals surface area (Å²) in [5.74, 6) is -0.363. The highest BCUT2D eigenvalue weighted by atomic mass is 16.7. The zero-order chi connectivity index (χ0) is 7.45. The summed E-state index contributed by atoms with van der Waals surface area (Å²) in [6.07, 6.45) is 6.71. The van der Waals surface area contributed by atoms with Crippen LogP contribution in [0.2, 0.25) is 0 Å². The molecule has 0 spiro atoms. The Morgan fingerprint density at radius 2 is 1.90 bits per heavy atom. The summed E-state index contributed by atoms with van der Waals surface area (Å²) >= 11 is 0. The molecule has 0 amide bonds. The lowest BCUT2D eigenvalue weighted by Crippen LogP contribution is -2.36. The van der Waals surface area contributed by atoms with Gasteiger partial charge < -0.3 is 9.47 Å². The summed E-state index contributed by atoms with van der Waals surface area (Å²) in [4.78, 5) is 0. The second-order valence-corrected chi connectivity index (χ2v) is 2.67. The maximum absolute atomic E-state index is 5.25. The topological polar surface area (TPSA) is 18.5 Å². The zero-order valence-corrected chi connectivity index (χ0v) is 6.72. The molecule has 0 atom stereocenters. The molecule has 0 heterocycles. The maximum atomic E-state index is 5.25. The molecule has 0 N–H and O–H groups in total. The fourth-order valence-electron chi connectivity index (χ4n) is 1.39. The summed E-state index contributed by atoms with van der Waals surface area (Å²) in [5.41, 5.74) is 0. The van der Waals surface area contributed by atoms with E-state index in [-0.39, 0.29) is 5.79 Å². The maximum Gasteiger partial charge on any atom is 0.170 e. The van der Waals surface area contributed by atoms with Crippen molar-refractivity contribution >= 4 is 0 Å². The molecule has 2 heteroatoms. The first-order valence-electron chi connectivity index (χ1n) is 3.78. The van der Waals surface area contributed by atoms with Gasteiger partial charge in [0, 0.05) is 27.1 Å². The van der Waals surface area contributed by atoms with Crippen molar-refractivity contribution in [3.05, 3.63) is 6.42 Å². The third kappa shape index (κ3) is 1.50. The highest BCUT2D eigenvalue weighted by Gasteiger charge is 2.31. The second-order valence-electron chi connectivity index (χ2n) is 2.67. The van der Waals surface area contributed by atoms with Gasteiger partial charge in [-0.1, -0.05) is 6.42 Å². The average molecular weight is 143 g/mol. The Morgan fingerprint density at radius 1 is 1.20 bits per heavy atom. The normalized spacial score (nSPS) is 24.6. The van der Waals surface area contributed by atoms with Crippen molar-refractivity contribution in [1.82, 2.24) is 0 Å². The van der Waals surface area contributed by atoms with E-state index in [1.54, 1.807) is 14.2 Å². The minimum absolute atomic E-state index is 0.363. The first-order chi connectivity index (χ1) is 4.83. The Labute approximate surface area is 62.5 Å². The minimum atomic E-state index is -0.363. The number of hydrogen-bond donors (Lipinski definition) is 0. The van der Waals surface area contributed by atoms with Crippen molar-refractivity contribution in [2.24, 2.45) is 0 Å². The highest BCUT2D eigenvalue weighted by Crippen LogP contribution is 2.30. The van der Waals surface area contributed by atoms with E-state index < -0.39 is 0 Å². The number of hydrogen-bond acceptors (Lipinski definition) is 2. The Kier molecular flexibility index (Phi) is 2.69. The SMILES string of the molecule is COC1(OC)[CH]CCCC1. The predicted octanol–water partition coefficient (Wildman–Crippen LogP) is 1.75. The third-order valence-corrected chi connectivity index (χ3v) is 2.13. The highest BCUT2D eigenvalue weighted by molar-refractivity contribution is 4.89. The van der Waals surface area contributed by atoms with Gasteiger partial charge in [0.25, 0.3) is 0 Å². The van der Waals surface area contributed by atoms with Crippen LogP contribution in [0.25, 0.3) is 0 Å². The Hall–Kier alpha value is -0.0800. The van der Waals surface area contributed by atoms with Gasteiger partial charge in [0.2, 0.25) is 0 Å². The summed E-state index contributed by atoms with van der Waals surface area (Å²) in [7, 11) is 3.40. The number of rotatable bonds is 2. The van der Waals surface area contributed by atoms with Gasteiger partial charge in [-0.05, 0) is 12.8 Å². The van der Waals surface area contributed by atoms with E-state index in [1.165, 1.54) is 12.8 Å². The molecule has 59 valence electrons. The standard InChI is InChI=1S/C8H15O2/c1-9-8(10-2)6-4-3-5-7-8/h6H,3-5,7H2,1-2H3. The van der Waals surface area contributed by atoms with Crippen LogP contribution >= 0.6 is 0 Å². The molecule has 0 aromatic rings. The van der Waals surface area contributed by atoms with Crippen LogP contribution in [0, 0.1) is 6.42 Å².